The van der Waals surface area contributed by atoms with Crippen molar-refractivity contribution in [1.82, 2.24) is 10.2 Å². The third kappa shape index (κ3) is 2.38. The number of piperidine rings is 1. The van der Waals surface area contributed by atoms with Crippen LogP contribution in [0.1, 0.15) is 30.6 Å². The predicted octanol–water partition coefficient (Wildman–Crippen LogP) is 2.01. The SMILES string of the molecule is COC(=O)C1(NCc2cccs2)CC2CCC(C1)N2C. The van der Waals surface area contributed by atoms with Crippen LogP contribution in [0.5, 0.6) is 0 Å². The maximum atomic E-state index is 12.4. The Bertz CT molecular complexity index is 460. The van der Waals surface area contributed by atoms with E-state index in [-0.39, 0.29) is 5.97 Å². The van der Waals surface area contributed by atoms with E-state index in [1.165, 1.54) is 24.8 Å². The van der Waals surface area contributed by atoms with Crippen LogP contribution in [-0.2, 0) is 16.1 Å². The topological polar surface area (TPSA) is 41.6 Å². The van der Waals surface area contributed by atoms with Gasteiger partial charge in [0, 0.05) is 23.5 Å². The van der Waals surface area contributed by atoms with E-state index < -0.39 is 5.54 Å². The molecule has 0 amide bonds. The van der Waals surface area contributed by atoms with Crippen LogP contribution >= 0.6 is 11.3 Å². The van der Waals surface area contributed by atoms with Crippen molar-refractivity contribution >= 4 is 17.3 Å². The Morgan fingerprint density at radius 2 is 2.20 bits per heavy atom. The zero-order valence-corrected chi connectivity index (χ0v) is 12.9. The highest BCUT2D eigenvalue weighted by molar-refractivity contribution is 7.09. The first-order valence-corrected chi connectivity index (χ1v) is 8.10. The van der Waals surface area contributed by atoms with Gasteiger partial charge < -0.3 is 9.64 Å². The monoisotopic (exact) mass is 294 g/mol. The van der Waals surface area contributed by atoms with Gasteiger partial charge in [-0.2, -0.15) is 0 Å². The number of thiophene rings is 1. The third-order valence-corrected chi connectivity index (χ3v) is 5.79. The van der Waals surface area contributed by atoms with Crippen LogP contribution in [0.25, 0.3) is 0 Å². The number of hydrogen-bond acceptors (Lipinski definition) is 5. The maximum absolute atomic E-state index is 12.4. The van der Waals surface area contributed by atoms with Gasteiger partial charge in [-0.15, -0.1) is 11.3 Å². The number of fused-ring (bicyclic) bond motifs is 2. The lowest BCUT2D eigenvalue weighted by Gasteiger charge is -2.43. The fraction of sp³-hybridized carbons (Fsp3) is 0.667. The molecular weight excluding hydrogens is 272 g/mol. The number of nitrogens with one attached hydrogen (secondary N) is 1. The van der Waals surface area contributed by atoms with Crippen LogP contribution in [0.2, 0.25) is 0 Å². The van der Waals surface area contributed by atoms with Gasteiger partial charge in [-0.3, -0.25) is 10.1 Å². The summed E-state index contributed by atoms with van der Waals surface area (Å²) in [5.74, 6) is -0.0981. The summed E-state index contributed by atoms with van der Waals surface area (Å²) in [6, 6.07) is 5.16. The highest BCUT2D eigenvalue weighted by atomic mass is 32.1. The van der Waals surface area contributed by atoms with Gasteiger partial charge in [0.2, 0.25) is 0 Å². The van der Waals surface area contributed by atoms with E-state index in [1.54, 1.807) is 11.3 Å². The number of methoxy groups -OCH3 is 1. The number of hydrogen-bond donors (Lipinski definition) is 1. The van der Waals surface area contributed by atoms with E-state index in [4.69, 9.17) is 4.74 Å². The molecule has 3 heterocycles. The second-order valence-corrected chi connectivity index (χ2v) is 7.00. The third-order valence-electron chi connectivity index (χ3n) is 4.91. The molecule has 0 radical (unpaired) electrons. The van der Waals surface area contributed by atoms with E-state index in [9.17, 15) is 4.79 Å². The van der Waals surface area contributed by atoms with Crippen molar-refractivity contribution in [3.63, 3.8) is 0 Å². The largest absolute Gasteiger partial charge is 0.468 e. The molecule has 2 atom stereocenters. The van der Waals surface area contributed by atoms with Crippen molar-refractivity contribution in [2.24, 2.45) is 0 Å². The van der Waals surface area contributed by atoms with Crippen molar-refractivity contribution in [2.75, 3.05) is 14.2 Å². The molecule has 2 unspecified atom stereocenters. The van der Waals surface area contributed by atoms with E-state index in [0.717, 1.165) is 19.4 Å². The lowest BCUT2D eigenvalue weighted by molar-refractivity contribution is -0.152. The van der Waals surface area contributed by atoms with E-state index in [0.29, 0.717) is 12.1 Å². The first kappa shape index (κ1) is 14.0. The smallest absolute Gasteiger partial charge is 0.326 e. The lowest BCUT2D eigenvalue weighted by Crippen LogP contribution is -2.61. The number of carbonyl (C=O) groups is 1. The average molecular weight is 294 g/mol. The van der Waals surface area contributed by atoms with Crippen LogP contribution in [0.3, 0.4) is 0 Å². The zero-order valence-electron chi connectivity index (χ0n) is 12.1. The summed E-state index contributed by atoms with van der Waals surface area (Å²) < 4.78 is 5.11. The Morgan fingerprint density at radius 1 is 1.50 bits per heavy atom. The molecule has 0 spiro atoms. The van der Waals surface area contributed by atoms with E-state index >= 15 is 0 Å². The Kier molecular flexibility index (Phi) is 3.84. The van der Waals surface area contributed by atoms with Crippen LogP contribution in [0, 0.1) is 0 Å². The number of rotatable bonds is 4. The van der Waals surface area contributed by atoms with Gasteiger partial charge in [-0.1, -0.05) is 6.07 Å². The Labute approximate surface area is 124 Å². The molecule has 0 saturated carbocycles. The molecule has 2 aliphatic heterocycles. The highest BCUT2D eigenvalue weighted by Gasteiger charge is 2.51. The first-order chi connectivity index (χ1) is 9.64. The lowest BCUT2D eigenvalue weighted by atomic mass is 9.83. The van der Waals surface area contributed by atoms with Crippen LogP contribution in [-0.4, -0.2) is 42.6 Å². The van der Waals surface area contributed by atoms with E-state index in [1.807, 2.05) is 6.07 Å². The molecule has 110 valence electrons. The minimum atomic E-state index is -0.503. The highest BCUT2D eigenvalue weighted by Crippen LogP contribution is 2.40. The normalized spacial score (nSPS) is 33.3. The number of esters is 1. The first-order valence-electron chi connectivity index (χ1n) is 7.22. The summed E-state index contributed by atoms with van der Waals surface area (Å²) in [7, 11) is 3.68. The van der Waals surface area contributed by atoms with Gasteiger partial charge >= 0.3 is 5.97 Å². The van der Waals surface area contributed by atoms with Crippen molar-refractivity contribution < 1.29 is 9.53 Å². The fourth-order valence-corrected chi connectivity index (χ4v) is 4.36. The molecule has 2 saturated heterocycles. The number of nitrogens with zero attached hydrogens (tertiary/aromatic N) is 1. The fourth-order valence-electron chi connectivity index (χ4n) is 3.72. The summed E-state index contributed by atoms with van der Waals surface area (Å²) in [6.45, 7) is 0.746. The number of ether oxygens (including phenoxy) is 1. The summed E-state index contributed by atoms with van der Waals surface area (Å²) in [6.07, 6.45) is 4.11. The van der Waals surface area contributed by atoms with Gasteiger partial charge in [-0.25, -0.2) is 0 Å². The average Bonchev–Trinajstić information content (AvgIpc) is 3.03. The summed E-state index contributed by atoms with van der Waals surface area (Å²) in [5, 5.41) is 5.59. The molecule has 1 aromatic heterocycles. The van der Waals surface area contributed by atoms with Crippen molar-refractivity contribution in [1.29, 1.82) is 0 Å². The molecule has 2 fully saturated rings. The second-order valence-electron chi connectivity index (χ2n) is 5.97. The molecule has 0 aliphatic carbocycles. The van der Waals surface area contributed by atoms with Crippen molar-refractivity contribution in [3.8, 4) is 0 Å². The second kappa shape index (κ2) is 5.47. The molecule has 0 aromatic carbocycles. The Hall–Kier alpha value is -0.910. The molecular formula is C15H22N2O2S. The molecule has 20 heavy (non-hydrogen) atoms. The molecule has 2 bridgehead atoms. The molecule has 4 nitrogen and oxygen atoms in total. The van der Waals surface area contributed by atoms with Crippen LogP contribution in [0.15, 0.2) is 17.5 Å². The van der Waals surface area contributed by atoms with E-state index in [2.05, 4.69) is 28.7 Å². The summed E-state index contributed by atoms with van der Waals surface area (Å²) in [5.41, 5.74) is -0.503. The molecule has 5 heteroatoms. The van der Waals surface area contributed by atoms with Gasteiger partial charge in [0.05, 0.1) is 7.11 Å². The minimum absolute atomic E-state index is 0.0981. The minimum Gasteiger partial charge on any atom is -0.468 e. The standard InChI is InChI=1S/C15H22N2O2S/c1-17-11-5-6-12(17)9-15(8-11,14(18)19-2)16-10-13-4-3-7-20-13/h3-4,7,11-12,16H,5-6,8-10H2,1-2H3. The van der Waals surface area contributed by atoms with Crippen molar-refractivity contribution in [2.45, 2.75) is 49.9 Å². The predicted molar refractivity (Wildman–Crippen MR) is 79.7 cm³/mol. The molecule has 1 N–H and O–H groups in total. The summed E-state index contributed by atoms with van der Waals surface area (Å²) in [4.78, 5) is 16.1. The number of carbonyl (C=O) groups excluding carboxylic acids is 1. The van der Waals surface area contributed by atoms with Gasteiger partial charge in [-0.05, 0) is 44.2 Å². The molecule has 3 rings (SSSR count). The summed E-state index contributed by atoms with van der Waals surface area (Å²) >= 11 is 1.72. The maximum Gasteiger partial charge on any atom is 0.326 e. The quantitative estimate of drug-likeness (QED) is 0.863. The molecule has 2 aliphatic rings. The zero-order chi connectivity index (χ0) is 14.2. The van der Waals surface area contributed by atoms with Crippen molar-refractivity contribution in [3.05, 3.63) is 22.4 Å². The Morgan fingerprint density at radius 3 is 2.75 bits per heavy atom. The molecule has 1 aromatic rings. The van der Waals surface area contributed by atoms with Crippen LogP contribution < -0.4 is 5.32 Å². The van der Waals surface area contributed by atoms with Gasteiger partial charge in [0.1, 0.15) is 5.54 Å². The van der Waals surface area contributed by atoms with Gasteiger partial charge in [0.15, 0.2) is 0 Å². The van der Waals surface area contributed by atoms with Crippen LogP contribution in [0.4, 0.5) is 0 Å². The van der Waals surface area contributed by atoms with Gasteiger partial charge in [0.25, 0.3) is 0 Å². The Balaban J connectivity index is 1.77.